The van der Waals surface area contributed by atoms with E-state index in [4.69, 9.17) is 4.42 Å². The number of hydrogen-bond acceptors (Lipinski definition) is 4. The van der Waals surface area contributed by atoms with Crippen molar-refractivity contribution >= 4 is 0 Å². The van der Waals surface area contributed by atoms with E-state index >= 15 is 0 Å². The molecular weight excluding hydrogens is 353 g/mol. The topological polar surface area (TPSA) is 42.2 Å². The average Bonchev–Trinajstić information content (AvgIpc) is 3.20. The normalized spacial score (nSPS) is 17.0. The molecule has 1 aliphatic rings. The second-order valence-corrected chi connectivity index (χ2v) is 7.80. The Labute approximate surface area is 165 Å². The number of benzene rings is 2. The van der Waals surface area contributed by atoms with Crippen molar-refractivity contribution in [1.29, 1.82) is 0 Å². The molecule has 1 aliphatic heterocycles. The maximum absolute atomic E-state index is 13.1. The Hall–Kier alpha value is -2.53. The van der Waals surface area contributed by atoms with Crippen LogP contribution >= 0.6 is 0 Å². The summed E-state index contributed by atoms with van der Waals surface area (Å²) in [6.45, 7) is 6.21. The molecule has 0 saturated carbocycles. The Kier molecular flexibility index (Phi) is 5.53. The highest BCUT2D eigenvalue weighted by Gasteiger charge is 2.27. The van der Waals surface area contributed by atoms with Gasteiger partial charge in [-0.25, -0.2) is 4.39 Å². The summed E-state index contributed by atoms with van der Waals surface area (Å²) in [6, 6.07) is 15.1. The minimum atomic E-state index is -0.169. The Morgan fingerprint density at radius 2 is 1.71 bits per heavy atom. The number of nitrogens with zero attached hydrogens (tertiary/aromatic N) is 3. The number of piperidine rings is 1. The predicted molar refractivity (Wildman–Crippen MR) is 107 cm³/mol. The summed E-state index contributed by atoms with van der Waals surface area (Å²) in [7, 11) is 0. The van der Waals surface area contributed by atoms with Crippen LogP contribution in [-0.4, -0.2) is 28.2 Å². The van der Waals surface area contributed by atoms with Crippen LogP contribution in [0.5, 0.6) is 0 Å². The van der Waals surface area contributed by atoms with E-state index in [9.17, 15) is 4.39 Å². The summed E-state index contributed by atoms with van der Waals surface area (Å²) in [5.41, 5.74) is 3.38. The van der Waals surface area contributed by atoms with E-state index in [0.717, 1.165) is 37.9 Å². The van der Waals surface area contributed by atoms with Crippen molar-refractivity contribution < 1.29 is 8.81 Å². The fourth-order valence-electron chi connectivity index (χ4n) is 3.87. The quantitative estimate of drug-likeness (QED) is 0.611. The molecule has 1 aromatic heterocycles. The van der Waals surface area contributed by atoms with Gasteiger partial charge in [0.15, 0.2) is 0 Å². The molecule has 28 heavy (non-hydrogen) atoms. The Balaban J connectivity index is 1.34. The van der Waals surface area contributed by atoms with Crippen molar-refractivity contribution in [1.82, 2.24) is 15.1 Å². The van der Waals surface area contributed by atoms with E-state index in [1.54, 1.807) is 12.1 Å². The van der Waals surface area contributed by atoms with Gasteiger partial charge in [-0.05, 0) is 81.9 Å². The summed E-state index contributed by atoms with van der Waals surface area (Å²) in [5, 5.41) is 8.53. The minimum absolute atomic E-state index is 0.110. The fourth-order valence-corrected chi connectivity index (χ4v) is 3.87. The van der Waals surface area contributed by atoms with Gasteiger partial charge in [0, 0.05) is 5.56 Å². The zero-order valence-electron chi connectivity index (χ0n) is 16.4. The van der Waals surface area contributed by atoms with Crippen LogP contribution in [0.1, 0.15) is 42.8 Å². The molecule has 0 aliphatic carbocycles. The molecule has 2 heterocycles. The molecule has 4 rings (SSSR count). The highest BCUT2D eigenvalue weighted by molar-refractivity contribution is 5.52. The molecule has 5 heteroatoms. The molecule has 0 amide bonds. The molecule has 2 aromatic carbocycles. The monoisotopic (exact) mass is 379 g/mol. The van der Waals surface area contributed by atoms with Crippen LogP contribution in [0.25, 0.3) is 11.5 Å². The molecule has 0 bridgehead atoms. The number of halogens is 1. The molecule has 0 radical (unpaired) electrons. The van der Waals surface area contributed by atoms with Crippen LogP contribution in [0, 0.1) is 18.7 Å². The van der Waals surface area contributed by atoms with Gasteiger partial charge in [0.25, 0.3) is 0 Å². The van der Waals surface area contributed by atoms with Gasteiger partial charge in [-0.15, -0.1) is 10.2 Å². The summed E-state index contributed by atoms with van der Waals surface area (Å²) in [6.07, 6.45) is 3.27. The maximum atomic E-state index is 13.1. The lowest BCUT2D eigenvalue weighted by Crippen LogP contribution is -2.36. The molecule has 1 unspecified atom stereocenters. The first-order chi connectivity index (χ1) is 13.6. The first kappa shape index (κ1) is 18.8. The van der Waals surface area contributed by atoms with E-state index in [1.165, 1.54) is 11.1 Å². The predicted octanol–water partition coefficient (Wildman–Crippen LogP) is 5.20. The lowest BCUT2D eigenvalue weighted by atomic mass is 9.89. The second kappa shape index (κ2) is 8.23. The smallest absolute Gasteiger partial charge is 0.247 e. The fraction of sp³-hybridized carbons (Fsp3) is 0.391. The third-order valence-electron chi connectivity index (χ3n) is 5.73. The minimum Gasteiger partial charge on any atom is -0.419 e. The van der Waals surface area contributed by atoms with E-state index in [-0.39, 0.29) is 11.9 Å². The van der Waals surface area contributed by atoms with Crippen molar-refractivity contribution in [2.75, 3.05) is 13.1 Å². The molecule has 4 nitrogen and oxygen atoms in total. The molecule has 3 aromatic rings. The van der Waals surface area contributed by atoms with Crippen molar-refractivity contribution in [3.63, 3.8) is 0 Å². The number of rotatable bonds is 5. The summed E-state index contributed by atoms with van der Waals surface area (Å²) >= 11 is 0. The first-order valence-corrected chi connectivity index (χ1v) is 9.97. The van der Waals surface area contributed by atoms with Gasteiger partial charge in [0.05, 0.1) is 6.04 Å². The third-order valence-corrected chi connectivity index (χ3v) is 5.73. The SMILES string of the molecule is Cc1ccc(-c2nnc(C(C)N3CCC(Cc4ccc(F)cc4)CC3)o2)cc1. The molecule has 0 spiro atoms. The van der Waals surface area contributed by atoms with Gasteiger partial charge < -0.3 is 4.42 Å². The van der Waals surface area contributed by atoms with Crippen molar-refractivity contribution in [3.8, 4) is 11.5 Å². The van der Waals surface area contributed by atoms with Crippen molar-refractivity contribution in [2.24, 2.45) is 5.92 Å². The second-order valence-electron chi connectivity index (χ2n) is 7.80. The van der Waals surface area contributed by atoms with Gasteiger partial charge in [-0.1, -0.05) is 29.8 Å². The van der Waals surface area contributed by atoms with Crippen LogP contribution in [0.15, 0.2) is 52.9 Å². The van der Waals surface area contributed by atoms with E-state index in [2.05, 4.69) is 41.1 Å². The molecule has 146 valence electrons. The van der Waals surface area contributed by atoms with Crippen LogP contribution < -0.4 is 0 Å². The number of likely N-dealkylation sites (tertiary alicyclic amines) is 1. The first-order valence-electron chi connectivity index (χ1n) is 9.97. The molecule has 0 N–H and O–H groups in total. The van der Waals surface area contributed by atoms with Crippen molar-refractivity contribution in [2.45, 2.75) is 39.2 Å². The summed E-state index contributed by atoms with van der Waals surface area (Å²) in [4.78, 5) is 2.41. The zero-order valence-corrected chi connectivity index (χ0v) is 16.4. The number of hydrogen-bond donors (Lipinski definition) is 0. The molecule has 1 atom stereocenters. The third kappa shape index (κ3) is 4.30. The van der Waals surface area contributed by atoms with E-state index in [0.29, 0.717) is 17.7 Å². The summed E-state index contributed by atoms with van der Waals surface area (Å²) < 4.78 is 19.0. The zero-order chi connectivity index (χ0) is 19.5. The van der Waals surface area contributed by atoms with Crippen LogP contribution in [-0.2, 0) is 6.42 Å². The maximum Gasteiger partial charge on any atom is 0.247 e. The Morgan fingerprint density at radius 3 is 2.39 bits per heavy atom. The van der Waals surface area contributed by atoms with Crippen LogP contribution in [0.4, 0.5) is 4.39 Å². The van der Waals surface area contributed by atoms with Gasteiger partial charge in [-0.3, -0.25) is 4.90 Å². The average molecular weight is 379 g/mol. The van der Waals surface area contributed by atoms with Crippen LogP contribution in [0.3, 0.4) is 0 Å². The Morgan fingerprint density at radius 1 is 1.04 bits per heavy atom. The Bertz CT molecular complexity index is 896. The van der Waals surface area contributed by atoms with Crippen LogP contribution in [0.2, 0.25) is 0 Å². The van der Waals surface area contributed by atoms with Crippen molar-refractivity contribution in [3.05, 3.63) is 71.4 Å². The lowest BCUT2D eigenvalue weighted by molar-refractivity contribution is 0.125. The van der Waals surface area contributed by atoms with Gasteiger partial charge >= 0.3 is 0 Å². The van der Waals surface area contributed by atoms with Gasteiger partial charge in [0.2, 0.25) is 11.8 Å². The van der Waals surface area contributed by atoms with Gasteiger partial charge in [-0.2, -0.15) is 0 Å². The highest BCUT2D eigenvalue weighted by atomic mass is 19.1. The summed E-state index contributed by atoms with van der Waals surface area (Å²) in [5.74, 6) is 1.72. The number of aryl methyl sites for hydroxylation is 1. The molecular formula is C23H26FN3O. The van der Waals surface area contributed by atoms with E-state index in [1.807, 2.05) is 24.3 Å². The molecule has 1 saturated heterocycles. The number of aromatic nitrogens is 2. The standard InChI is InChI=1S/C23H26FN3O/c1-16-3-7-20(8-4-16)23-26-25-22(28-23)17(2)27-13-11-19(12-14-27)15-18-5-9-21(24)10-6-18/h3-10,17,19H,11-15H2,1-2H3. The largest absolute Gasteiger partial charge is 0.419 e. The van der Waals surface area contributed by atoms with Gasteiger partial charge in [0.1, 0.15) is 5.82 Å². The highest BCUT2D eigenvalue weighted by Crippen LogP contribution is 2.29. The lowest BCUT2D eigenvalue weighted by Gasteiger charge is -2.34. The molecule has 1 fully saturated rings. The van der Waals surface area contributed by atoms with E-state index < -0.39 is 0 Å².